The van der Waals surface area contributed by atoms with Crippen LogP contribution in [0.15, 0.2) is 30.3 Å². The molecule has 1 aromatic carbocycles. The Morgan fingerprint density at radius 3 is 2.00 bits per heavy atom. The minimum atomic E-state index is -1.01. The fourth-order valence-electron chi connectivity index (χ4n) is 2.79. The van der Waals surface area contributed by atoms with Gasteiger partial charge in [-0.05, 0) is 12.0 Å². The lowest BCUT2D eigenvalue weighted by Gasteiger charge is -2.19. The fraction of sp³-hybridized carbons (Fsp3) is 0.455. The lowest BCUT2D eigenvalue weighted by Crippen LogP contribution is -2.52. The van der Waals surface area contributed by atoms with Gasteiger partial charge in [-0.3, -0.25) is 28.8 Å². The van der Waals surface area contributed by atoms with Gasteiger partial charge in [0.1, 0.15) is 6.04 Å². The Balaban J connectivity index is 2.56. The van der Waals surface area contributed by atoms with Gasteiger partial charge in [0.2, 0.25) is 35.4 Å². The molecule has 0 saturated carbocycles. The van der Waals surface area contributed by atoms with Gasteiger partial charge in [-0.25, -0.2) is 0 Å². The summed E-state index contributed by atoms with van der Waals surface area (Å²) in [4.78, 5) is 70.8. The standard InChI is InChI=1S/C22H33N7O6/c23-9-8-18(31)26-12-20(33)27-14-21(34)29-16(11-15-5-2-1-3-6-15)22(35)28-13-19(32)25-10-4-7-17(24)30/h1-3,5-6,16H,4,7-14,23H2,(H2,24,30)(H,25,32)(H,26,31)(H,27,33)(H,28,35)(H,29,34). The number of primary amides is 1. The SMILES string of the molecule is NCCC(=O)NCC(=O)NCC(=O)NC(Cc1ccccc1)C(=O)NCC(=O)NCCCC(N)=O. The van der Waals surface area contributed by atoms with Crippen molar-refractivity contribution in [1.82, 2.24) is 26.6 Å². The molecule has 1 rings (SSSR count). The summed E-state index contributed by atoms with van der Waals surface area (Å²) < 4.78 is 0. The van der Waals surface area contributed by atoms with E-state index in [4.69, 9.17) is 11.5 Å². The second-order valence-corrected chi connectivity index (χ2v) is 7.54. The number of nitrogens with one attached hydrogen (secondary N) is 5. The molecule has 0 fully saturated rings. The highest BCUT2D eigenvalue weighted by molar-refractivity contribution is 5.92. The van der Waals surface area contributed by atoms with Crippen molar-refractivity contribution in [3.8, 4) is 0 Å². The monoisotopic (exact) mass is 491 g/mol. The second kappa shape index (κ2) is 16.6. The van der Waals surface area contributed by atoms with Crippen molar-refractivity contribution in [1.29, 1.82) is 0 Å². The summed E-state index contributed by atoms with van der Waals surface area (Å²) >= 11 is 0. The lowest BCUT2D eigenvalue weighted by atomic mass is 10.1. The highest BCUT2D eigenvalue weighted by Crippen LogP contribution is 2.03. The third-order valence-corrected chi connectivity index (χ3v) is 4.54. The Labute approximate surface area is 203 Å². The van der Waals surface area contributed by atoms with Crippen molar-refractivity contribution in [2.45, 2.75) is 31.7 Å². The minimum absolute atomic E-state index is 0.0788. The van der Waals surface area contributed by atoms with Crippen LogP contribution >= 0.6 is 0 Å². The highest BCUT2D eigenvalue weighted by Gasteiger charge is 2.22. The molecule has 6 amide bonds. The first kappa shape index (κ1) is 29.0. The number of hydrogen-bond donors (Lipinski definition) is 7. The molecule has 0 bridgehead atoms. The molecule has 0 aliphatic heterocycles. The molecule has 0 aromatic heterocycles. The smallest absolute Gasteiger partial charge is 0.243 e. The number of rotatable bonds is 16. The summed E-state index contributed by atoms with van der Waals surface area (Å²) in [6.45, 7) is -0.666. The number of amides is 6. The van der Waals surface area contributed by atoms with Crippen molar-refractivity contribution in [2.75, 3.05) is 32.7 Å². The summed E-state index contributed by atoms with van der Waals surface area (Å²) in [5.74, 6) is -3.11. The zero-order valence-electron chi connectivity index (χ0n) is 19.4. The highest BCUT2D eigenvalue weighted by atomic mass is 16.2. The van der Waals surface area contributed by atoms with Gasteiger partial charge in [-0.2, -0.15) is 0 Å². The van der Waals surface area contributed by atoms with E-state index in [0.29, 0.717) is 6.42 Å². The third kappa shape index (κ3) is 14.0. The van der Waals surface area contributed by atoms with Gasteiger partial charge in [0, 0.05) is 32.4 Å². The number of carbonyl (C=O) groups excluding carboxylic acids is 6. The van der Waals surface area contributed by atoms with E-state index in [1.54, 1.807) is 24.3 Å². The van der Waals surface area contributed by atoms with E-state index in [9.17, 15) is 28.8 Å². The van der Waals surface area contributed by atoms with Gasteiger partial charge in [0.25, 0.3) is 0 Å². The summed E-state index contributed by atoms with van der Waals surface area (Å²) in [6, 6.07) is 7.93. The van der Waals surface area contributed by atoms with Crippen LogP contribution in [-0.2, 0) is 35.2 Å². The molecular formula is C22H33N7O6. The molecule has 13 nitrogen and oxygen atoms in total. The van der Waals surface area contributed by atoms with Crippen LogP contribution in [0.2, 0.25) is 0 Å². The summed E-state index contributed by atoms with van der Waals surface area (Å²) in [7, 11) is 0. The minimum Gasteiger partial charge on any atom is -0.370 e. The molecule has 35 heavy (non-hydrogen) atoms. The van der Waals surface area contributed by atoms with E-state index in [0.717, 1.165) is 5.56 Å². The van der Waals surface area contributed by atoms with Crippen LogP contribution in [0, 0.1) is 0 Å². The third-order valence-electron chi connectivity index (χ3n) is 4.54. The number of nitrogens with two attached hydrogens (primary N) is 2. The van der Waals surface area contributed by atoms with E-state index >= 15 is 0 Å². The van der Waals surface area contributed by atoms with Crippen LogP contribution in [0.4, 0.5) is 0 Å². The molecule has 0 aliphatic carbocycles. The molecule has 192 valence electrons. The number of carbonyl (C=O) groups is 6. The van der Waals surface area contributed by atoms with Crippen LogP contribution in [0.5, 0.6) is 0 Å². The molecule has 0 radical (unpaired) electrons. The Hall–Kier alpha value is -4.00. The average Bonchev–Trinajstić information content (AvgIpc) is 2.83. The molecule has 0 heterocycles. The first-order valence-corrected chi connectivity index (χ1v) is 11.1. The molecule has 9 N–H and O–H groups in total. The van der Waals surface area contributed by atoms with E-state index in [-0.39, 0.29) is 51.3 Å². The quantitative estimate of drug-likeness (QED) is 0.117. The van der Waals surface area contributed by atoms with Crippen molar-refractivity contribution in [3.63, 3.8) is 0 Å². The molecule has 0 saturated heterocycles. The average molecular weight is 492 g/mol. The Morgan fingerprint density at radius 1 is 0.743 bits per heavy atom. The van der Waals surface area contributed by atoms with Gasteiger partial charge in [-0.15, -0.1) is 0 Å². The number of hydrogen-bond acceptors (Lipinski definition) is 7. The molecule has 1 atom stereocenters. The maximum absolute atomic E-state index is 12.7. The largest absolute Gasteiger partial charge is 0.370 e. The van der Waals surface area contributed by atoms with Gasteiger partial charge in [0.15, 0.2) is 0 Å². The van der Waals surface area contributed by atoms with Gasteiger partial charge in [-0.1, -0.05) is 30.3 Å². The first-order valence-electron chi connectivity index (χ1n) is 11.1. The fourth-order valence-corrected chi connectivity index (χ4v) is 2.79. The zero-order valence-corrected chi connectivity index (χ0v) is 19.4. The normalized spacial score (nSPS) is 11.0. The predicted molar refractivity (Wildman–Crippen MR) is 126 cm³/mol. The van der Waals surface area contributed by atoms with Crippen LogP contribution in [-0.4, -0.2) is 74.2 Å². The molecule has 0 spiro atoms. The van der Waals surface area contributed by atoms with E-state index < -0.39 is 42.1 Å². The predicted octanol–water partition coefficient (Wildman–Crippen LogP) is -3.21. The molecule has 0 aliphatic rings. The van der Waals surface area contributed by atoms with Crippen LogP contribution in [0.1, 0.15) is 24.8 Å². The van der Waals surface area contributed by atoms with Gasteiger partial charge < -0.3 is 38.1 Å². The molecule has 1 unspecified atom stereocenters. The topological polar surface area (TPSA) is 215 Å². The maximum atomic E-state index is 12.7. The Kier molecular flexibility index (Phi) is 13.8. The van der Waals surface area contributed by atoms with Crippen LogP contribution in [0.3, 0.4) is 0 Å². The summed E-state index contributed by atoms with van der Waals surface area (Å²) in [5, 5.41) is 12.3. The van der Waals surface area contributed by atoms with Crippen molar-refractivity contribution in [3.05, 3.63) is 35.9 Å². The lowest BCUT2D eigenvalue weighted by molar-refractivity contribution is -0.131. The summed E-state index contributed by atoms with van der Waals surface area (Å²) in [5.41, 5.74) is 11.1. The molecule has 1 aromatic rings. The first-order chi connectivity index (χ1) is 16.7. The Morgan fingerprint density at radius 2 is 1.34 bits per heavy atom. The maximum Gasteiger partial charge on any atom is 0.243 e. The second-order valence-electron chi connectivity index (χ2n) is 7.54. The van der Waals surface area contributed by atoms with Crippen LogP contribution < -0.4 is 38.1 Å². The van der Waals surface area contributed by atoms with Crippen molar-refractivity contribution < 1.29 is 28.8 Å². The number of benzene rings is 1. The van der Waals surface area contributed by atoms with Crippen LogP contribution in [0.25, 0.3) is 0 Å². The summed E-state index contributed by atoms with van der Waals surface area (Å²) in [6.07, 6.45) is 0.746. The van der Waals surface area contributed by atoms with Crippen molar-refractivity contribution >= 4 is 35.4 Å². The zero-order chi connectivity index (χ0) is 26.1. The molecular weight excluding hydrogens is 458 g/mol. The van der Waals surface area contributed by atoms with E-state index in [1.807, 2.05) is 6.07 Å². The molecule has 13 heteroatoms. The van der Waals surface area contributed by atoms with E-state index in [1.165, 1.54) is 0 Å². The van der Waals surface area contributed by atoms with E-state index in [2.05, 4.69) is 26.6 Å². The van der Waals surface area contributed by atoms with Gasteiger partial charge in [0.05, 0.1) is 19.6 Å². The van der Waals surface area contributed by atoms with Gasteiger partial charge >= 0.3 is 0 Å². The Bertz CT molecular complexity index is 878. The van der Waals surface area contributed by atoms with Crippen molar-refractivity contribution in [2.24, 2.45) is 11.5 Å².